The lowest BCUT2D eigenvalue weighted by Crippen LogP contribution is -2.40. The van der Waals surface area contributed by atoms with Crippen molar-refractivity contribution in [2.45, 2.75) is 36.4 Å². The summed E-state index contributed by atoms with van der Waals surface area (Å²) in [5, 5.41) is 1.78. The minimum Gasteiger partial charge on any atom is -0.383 e. The summed E-state index contributed by atoms with van der Waals surface area (Å²) in [5.74, 6) is 0.327. The van der Waals surface area contributed by atoms with Crippen molar-refractivity contribution in [3.05, 3.63) is 17.0 Å². The van der Waals surface area contributed by atoms with Crippen LogP contribution in [0.15, 0.2) is 15.7 Å². The molecule has 0 N–H and O–H groups in total. The number of halogens is 1. The van der Waals surface area contributed by atoms with Gasteiger partial charge in [0.05, 0.1) is 6.61 Å². The molecule has 1 aromatic rings. The molecule has 1 unspecified atom stereocenters. The molecule has 0 bridgehead atoms. The molecule has 0 aromatic carbocycles. The van der Waals surface area contributed by atoms with Crippen LogP contribution in [0, 0.1) is 0 Å². The van der Waals surface area contributed by atoms with Gasteiger partial charge in [-0.25, -0.2) is 8.42 Å². The van der Waals surface area contributed by atoms with Crippen LogP contribution in [0.1, 0.15) is 25.8 Å². The van der Waals surface area contributed by atoms with E-state index in [0.29, 0.717) is 23.2 Å². The SMILES string of the molecule is CCC(C)N(CCOC)S(=O)(=O)c1cc(CCl)cs1. The molecule has 1 rings (SSSR count). The minimum atomic E-state index is -3.46. The molecule has 0 aliphatic rings. The van der Waals surface area contributed by atoms with Crippen LogP contribution in [0.2, 0.25) is 0 Å². The van der Waals surface area contributed by atoms with Crippen molar-refractivity contribution >= 4 is 33.0 Å². The van der Waals surface area contributed by atoms with Crippen LogP contribution in [-0.4, -0.2) is 39.0 Å². The zero-order valence-electron chi connectivity index (χ0n) is 11.4. The molecule has 19 heavy (non-hydrogen) atoms. The van der Waals surface area contributed by atoms with Gasteiger partial charge in [0.25, 0.3) is 10.0 Å². The number of methoxy groups -OCH3 is 1. The number of sulfonamides is 1. The van der Waals surface area contributed by atoms with Gasteiger partial charge in [-0.3, -0.25) is 0 Å². The molecule has 0 aliphatic carbocycles. The van der Waals surface area contributed by atoms with Crippen LogP contribution in [0.3, 0.4) is 0 Å². The molecule has 110 valence electrons. The van der Waals surface area contributed by atoms with Gasteiger partial charge in [0, 0.05) is 25.6 Å². The second kappa shape index (κ2) is 7.59. The van der Waals surface area contributed by atoms with Gasteiger partial charge in [-0.2, -0.15) is 4.31 Å². The monoisotopic (exact) mass is 325 g/mol. The fourth-order valence-electron chi connectivity index (χ4n) is 1.64. The highest BCUT2D eigenvalue weighted by atomic mass is 35.5. The molecule has 1 heterocycles. The van der Waals surface area contributed by atoms with E-state index in [2.05, 4.69) is 0 Å². The molecular weight excluding hydrogens is 306 g/mol. The van der Waals surface area contributed by atoms with Crippen LogP contribution in [-0.2, 0) is 20.6 Å². The van der Waals surface area contributed by atoms with Gasteiger partial charge in [0.15, 0.2) is 0 Å². The van der Waals surface area contributed by atoms with E-state index in [1.54, 1.807) is 18.6 Å². The van der Waals surface area contributed by atoms with Crippen molar-refractivity contribution in [3.63, 3.8) is 0 Å². The number of ether oxygens (including phenoxy) is 1. The lowest BCUT2D eigenvalue weighted by molar-refractivity contribution is 0.167. The Kier molecular flexibility index (Phi) is 6.76. The number of nitrogens with zero attached hydrogens (tertiary/aromatic N) is 1. The second-order valence-electron chi connectivity index (χ2n) is 4.27. The van der Waals surface area contributed by atoms with E-state index in [1.165, 1.54) is 15.6 Å². The quantitative estimate of drug-likeness (QED) is 0.690. The molecule has 1 aromatic heterocycles. The van der Waals surface area contributed by atoms with Crippen molar-refractivity contribution in [1.82, 2.24) is 4.31 Å². The van der Waals surface area contributed by atoms with Gasteiger partial charge in [-0.05, 0) is 30.4 Å². The summed E-state index contributed by atoms with van der Waals surface area (Å²) in [4.78, 5) is 0. The zero-order chi connectivity index (χ0) is 14.5. The van der Waals surface area contributed by atoms with E-state index >= 15 is 0 Å². The van der Waals surface area contributed by atoms with Crippen LogP contribution in [0.4, 0.5) is 0 Å². The van der Waals surface area contributed by atoms with Crippen molar-refractivity contribution < 1.29 is 13.2 Å². The van der Waals surface area contributed by atoms with Crippen molar-refractivity contribution in [1.29, 1.82) is 0 Å². The van der Waals surface area contributed by atoms with E-state index in [1.807, 2.05) is 13.8 Å². The highest BCUT2D eigenvalue weighted by Gasteiger charge is 2.29. The Bertz CT molecular complexity index is 487. The van der Waals surface area contributed by atoms with Crippen LogP contribution >= 0.6 is 22.9 Å². The van der Waals surface area contributed by atoms with E-state index in [0.717, 1.165) is 12.0 Å². The average Bonchev–Trinajstić information content (AvgIpc) is 2.88. The summed E-state index contributed by atoms with van der Waals surface area (Å²) in [7, 11) is -1.89. The Balaban J connectivity index is 3.04. The molecule has 7 heteroatoms. The Morgan fingerprint density at radius 3 is 2.68 bits per heavy atom. The van der Waals surface area contributed by atoms with E-state index in [4.69, 9.17) is 16.3 Å². The van der Waals surface area contributed by atoms with Crippen LogP contribution in [0.25, 0.3) is 0 Å². The summed E-state index contributed by atoms with van der Waals surface area (Å²) in [6, 6.07) is 1.59. The van der Waals surface area contributed by atoms with Crippen molar-refractivity contribution in [2.75, 3.05) is 20.3 Å². The summed E-state index contributed by atoms with van der Waals surface area (Å²) in [5.41, 5.74) is 0.834. The van der Waals surface area contributed by atoms with Crippen LogP contribution < -0.4 is 0 Å². The Morgan fingerprint density at radius 1 is 1.53 bits per heavy atom. The third-order valence-electron chi connectivity index (χ3n) is 2.95. The predicted octanol–water partition coefficient (Wildman–Crippen LogP) is 2.92. The first-order chi connectivity index (χ1) is 8.97. The van der Waals surface area contributed by atoms with E-state index < -0.39 is 10.0 Å². The zero-order valence-corrected chi connectivity index (χ0v) is 13.8. The first kappa shape index (κ1) is 16.9. The summed E-state index contributed by atoms with van der Waals surface area (Å²) in [6.45, 7) is 4.63. The first-order valence-corrected chi connectivity index (χ1v) is 8.96. The van der Waals surface area contributed by atoms with Gasteiger partial charge in [0.2, 0.25) is 0 Å². The normalized spacial score (nSPS) is 13.9. The smallest absolute Gasteiger partial charge is 0.252 e. The fraction of sp³-hybridized carbons (Fsp3) is 0.667. The number of alkyl halides is 1. The molecule has 0 fully saturated rings. The van der Waals surface area contributed by atoms with Crippen molar-refractivity contribution in [2.24, 2.45) is 0 Å². The molecule has 0 amide bonds. The maximum absolute atomic E-state index is 12.6. The van der Waals surface area contributed by atoms with Crippen molar-refractivity contribution in [3.8, 4) is 0 Å². The minimum absolute atomic E-state index is 0.0540. The van der Waals surface area contributed by atoms with Gasteiger partial charge in [-0.15, -0.1) is 22.9 Å². The van der Waals surface area contributed by atoms with Gasteiger partial charge < -0.3 is 4.74 Å². The number of hydrogen-bond donors (Lipinski definition) is 0. The molecule has 0 saturated carbocycles. The number of thiophene rings is 1. The molecule has 0 spiro atoms. The highest BCUT2D eigenvalue weighted by Crippen LogP contribution is 2.26. The second-order valence-corrected chi connectivity index (χ2v) is 7.57. The molecule has 0 saturated heterocycles. The number of hydrogen-bond acceptors (Lipinski definition) is 4. The average molecular weight is 326 g/mol. The lowest BCUT2D eigenvalue weighted by atomic mass is 10.3. The van der Waals surface area contributed by atoms with Gasteiger partial charge >= 0.3 is 0 Å². The first-order valence-electron chi connectivity index (χ1n) is 6.11. The highest BCUT2D eigenvalue weighted by molar-refractivity contribution is 7.91. The van der Waals surface area contributed by atoms with E-state index in [-0.39, 0.29) is 6.04 Å². The maximum Gasteiger partial charge on any atom is 0.252 e. The molecular formula is C12H20ClNO3S2. The lowest BCUT2D eigenvalue weighted by Gasteiger charge is -2.26. The number of rotatable bonds is 8. The molecule has 1 atom stereocenters. The largest absolute Gasteiger partial charge is 0.383 e. The Hall–Kier alpha value is -0.140. The topological polar surface area (TPSA) is 46.6 Å². The molecule has 0 radical (unpaired) electrons. The summed E-state index contributed by atoms with van der Waals surface area (Å²) >= 11 is 6.94. The predicted molar refractivity (Wildman–Crippen MR) is 79.4 cm³/mol. The molecule has 0 aliphatic heterocycles. The third kappa shape index (κ3) is 4.16. The summed E-state index contributed by atoms with van der Waals surface area (Å²) < 4.78 is 32.1. The van der Waals surface area contributed by atoms with Crippen LogP contribution in [0.5, 0.6) is 0 Å². The Labute approximate surface area is 124 Å². The Morgan fingerprint density at radius 2 is 2.21 bits per heavy atom. The maximum atomic E-state index is 12.6. The van der Waals surface area contributed by atoms with Gasteiger partial charge in [-0.1, -0.05) is 6.92 Å². The summed E-state index contributed by atoms with van der Waals surface area (Å²) in [6.07, 6.45) is 0.761. The fourth-order valence-corrected chi connectivity index (χ4v) is 4.91. The molecule has 4 nitrogen and oxygen atoms in total. The van der Waals surface area contributed by atoms with E-state index in [9.17, 15) is 8.42 Å². The van der Waals surface area contributed by atoms with Gasteiger partial charge in [0.1, 0.15) is 4.21 Å². The third-order valence-corrected chi connectivity index (χ3v) is 6.73. The standard InChI is InChI=1S/C12H20ClNO3S2/c1-4-10(2)14(5-6-17-3)19(15,16)12-7-11(8-13)9-18-12/h7,9-10H,4-6,8H2,1-3H3.